The molecule has 0 aliphatic heterocycles. The molecule has 2 nitrogen and oxygen atoms in total. The lowest BCUT2D eigenvalue weighted by Gasteiger charge is -2.07. The summed E-state index contributed by atoms with van der Waals surface area (Å²) < 4.78 is 2.29. The van der Waals surface area contributed by atoms with E-state index in [4.69, 9.17) is 9.97 Å². The summed E-state index contributed by atoms with van der Waals surface area (Å²) in [4.78, 5) is 10.9. The zero-order valence-corrected chi connectivity index (χ0v) is 16.1. The van der Waals surface area contributed by atoms with E-state index < -0.39 is 0 Å². The molecule has 0 aliphatic rings. The van der Waals surface area contributed by atoms with Crippen molar-refractivity contribution < 1.29 is 0 Å². The Kier molecular flexibility index (Phi) is 3.80. The van der Waals surface area contributed by atoms with Gasteiger partial charge in [-0.15, -0.1) is 11.3 Å². The second-order valence-corrected chi connectivity index (χ2v) is 8.00. The summed E-state index contributed by atoms with van der Waals surface area (Å²) >= 11 is 5.31. The highest BCUT2D eigenvalue weighted by Gasteiger charge is 2.16. The van der Waals surface area contributed by atoms with Gasteiger partial charge in [0.05, 0.1) is 5.69 Å². The minimum absolute atomic E-state index is 0.766. The Morgan fingerprint density at radius 1 is 0.731 bits per heavy atom. The van der Waals surface area contributed by atoms with Crippen LogP contribution in [0.1, 0.15) is 0 Å². The Labute approximate surface area is 163 Å². The van der Waals surface area contributed by atoms with Crippen LogP contribution in [0.2, 0.25) is 0 Å². The average Bonchev–Trinajstić information content (AvgIpc) is 3.06. The van der Waals surface area contributed by atoms with Gasteiger partial charge in [0.25, 0.3) is 0 Å². The molecule has 0 spiro atoms. The van der Waals surface area contributed by atoms with Gasteiger partial charge in [0.15, 0.2) is 5.82 Å². The van der Waals surface area contributed by atoms with Gasteiger partial charge in [0, 0.05) is 31.1 Å². The van der Waals surface area contributed by atoms with Gasteiger partial charge in [-0.2, -0.15) is 0 Å². The van der Waals surface area contributed by atoms with Crippen LogP contribution in [-0.4, -0.2) is 9.97 Å². The summed E-state index contributed by atoms with van der Waals surface area (Å²) in [6, 6.07) is 26.9. The molecule has 2 heterocycles. The second kappa shape index (κ2) is 6.31. The predicted molar refractivity (Wildman–Crippen MR) is 113 cm³/mol. The summed E-state index contributed by atoms with van der Waals surface area (Å²) in [6.45, 7) is 0. The average molecular weight is 417 g/mol. The molecule has 0 aliphatic carbocycles. The van der Waals surface area contributed by atoms with E-state index in [-0.39, 0.29) is 0 Å². The van der Waals surface area contributed by atoms with Gasteiger partial charge < -0.3 is 0 Å². The third-order valence-electron chi connectivity index (χ3n) is 4.37. The van der Waals surface area contributed by atoms with E-state index in [1.54, 1.807) is 11.3 Å². The van der Waals surface area contributed by atoms with Crippen molar-refractivity contribution in [3.8, 4) is 22.6 Å². The molecule has 0 fully saturated rings. The Hall–Kier alpha value is -2.56. The molecular formula is C22H13BrN2S. The first kappa shape index (κ1) is 15.7. The quantitative estimate of drug-likeness (QED) is 0.311. The van der Waals surface area contributed by atoms with E-state index in [2.05, 4.69) is 70.5 Å². The monoisotopic (exact) mass is 416 g/mol. The molecule has 124 valence electrons. The Balaban J connectivity index is 1.91. The lowest BCUT2D eigenvalue weighted by molar-refractivity contribution is 1.24. The maximum atomic E-state index is 4.97. The fourth-order valence-electron chi connectivity index (χ4n) is 3.17. The standard InChI is InChI=1S/C22H13BrN2S/c23-16-11-12-18-17(13-16)19-20(14-7-3-1-4-8-14)24-21(25-22(19)26-18)15-9-5-2-6-10-15/h1-13H. The molecule has 4 heteroatoms. The van der Waals surface area contributed by atoms with Crippen LogP contribution in [0.4, 0.5) is 0 Å². The highest BCUT2D eigenvalue weighted by Crippen LogP contribution is 2.40. The van der Waals surface area contributed by atoms with Gasteiger partial charge in [-0.3, -0.25) is 0 Å². The van der Waals surface area contributed by atoms with E-state index in [0.29, 0.717) is 0 Å². The van der Waals surface area contributed by atoms with Gasteiger partial charge in [0.1, 0.15) is 4.83 Å². The van der Waals surface area contributed by atoms with Crippen LogP contribution in [0.5, 0.6) is 0 Å². The maximum absolute atomic E-state index is 4.97. The first-order chi connectivity index (χ1) is 12.8. The van der Waals surface area contributed by atoms with Crippen molar-refractivity contribution in [2.45, 2.75) is 0 Å². The number of halogens is 1. The molecule has 5 aromatic rings. The first-order valence-electron chi connectivity index (χ1n) is 8.30. The van der Waals surface area contributed by atoms with Crippen molar-refractivity contribution in [3.05, 3.63) is 83.3 Å². The van der Waals surface area contributed by atoms with E-state index >= 15 is 0 Å². The van der Waals surface area contributed by atoms with E-state index in [1.165, 1.54) is 10.1 Å². The summed E-state index contributed by atoms with van der Waals surface area (Å²) in [7, 11) is 0. The topological polar surface area (TPSA) is 25.8 Å². The zero-order chi connectivity index (χ0) is 17.5. The van der Waals surface area contributed by atoms with Gasteiger partial charge in [-0.05, 0) is 18.2 Å². The molecular weight excluding hydrogens is 404 g/mol. The van der Waals surface area contributed by atoms with Gasteiger partial charge >= 0.3 is 0 Å². The summed E-state index contributed by atoms with van der Waals surface area (Å²) in [5.74, 6) is 0.766. The van der Waals surface area contributed by atoms with Crippen LogP contribution in [-0.2, 0) is 0 Å². The molecule has 3 aromatic carbocycles. The molecule has 5 rings (SSSR count). The van der Waals surface area contributed by atoms with Crippen molar-refractivity contribution in [3.63, 3.8) is 0 Å². The molecule has 0 amide bonds. The van der Waals surface area contributed by atoms with Crippen LogP contribution in [0.25, 0.3) is 42.9 Å². The minimum Gasteiger partial charge on any atom is -0.227 e. The molecule has 26 heavy (non-hydrogen) atoms. The summed E-state index contributed by atoms with van der Waals surface area (Å²) in [6.07, 6.45) is 0. The van der Waals surface area contributed by atoms with Crippen LogP contribution < -0.4 is 0 Å². The van der Waals surface area contributed by atoms with Crippen molar-refractivity contribution in [2.24, 2.45) is 0 Å². The fourth-order valence-corrected chi connectivity index (χ4v) is 4.59. The Morgan fingerprint density at radius 3 is 2.15 bits per heavy atom. The molecule has 0 saturated heterocycles. The summed E-state index contributed by atoms with van der Waals surface area (Å²) in [5.41, 5.74) is 3.13. The largest absolute Gasteiger partial charge is 0.227 e. The molecule has 0 bridgehead atoms. The number of fused-ring (bicyclic) bond motifs is 3. The number of hydrogen-bond donors (Lipinski definition) is 0. The number of nitrogens with zero attached hydrogens (tertiary/aromatic N) is 2. The van der Waals surface area contributed by atoms with Gasteiger partial charge in [-0.25, -0.2) is 9.97 Å². The van der Waals surface area contributed by atoms with Gasteiger partial charge in [0.2, 0.25) is 0 Å². The first-order valence-corrected chi connectivity index (χ1v) is 9.91. The highest BCUT2D eigenvalue weighted by atomic mass is 79.9. The number of thiophene rings is 1. The second-order valence-electron chi connectivity index (χ2n) is 6.05. The van der Waals surface area contributed by atoms with Crippen LogP contribution in [0, 0.1) is 0 Å². The highest BCUT2D eigenvalue weighted by molar-refractivity contribution is 9.10. The Morgan fingerprint density at radius 2 is 1.42 bits per heavy atom. The maximum Gasteiger partial charge on any atom is 0.161 e. The van der Waals surface area contributed by atoms with Gasteiger partial charge in [-0.1, -0.05) is 76.6 Å². The van der Waals surface area contributed by atoms with Crippen molar-refractivity contribution in [1.29, 1.82) is 0 Å². The fraction of sp³-hybridized carbons (Fsp3) is 0. The van der Waals surface area contributed by atoms with Crippen LogP contribution >= 0.6 is 27.3 Å². The van der Waals surface area contributed by atoms with Crippen LogP contribution in [0.15, 0.2) is 83.3 Å². The number of rotatable bonds is 2. The summed E-state index contributed by atoms with van der Waals surface area (Å²) in [5, 5.41) is 2.31. The normalized spacial score (nSPS) is 11.3. The smallest absolute Gasteiger partial charge is 0.161 e. The predicted octanol–water partition coefficient (Wildman–Crippen LogP) is 6.94. The molecule has 0 unspecified atom stereocenters. The molecule has 0 atom stereocenters. The Bertz CT molecular complexity index is 1230. The van der Waals surface area contributed by atoms with Crippen molar-refractivity contribution in [2.75, 3.05) is 0 Å². The number of aromatic nitrogens is 2. The molecule has 2 aromatic heterocycles. The SMILES string of the molecule is Brc1ccc2sc3nc(-c4ccccc4)nc(-c4ccccc4)c3c2c1. The molecule has 0 radical (unpaired) electrons. The van der Waals surface area contributed by atoms with E-state index in [0.717, 1.165) is 37.3 Å². The third-order valence-corrected chi connectivity index (χ3v) is 5.93. The van der Waals surface area contributed by atoms with Crippen molar-refractivity contribution in [1.82, 2.24) is 9.97 Å². The number of hydrogen-bond acceptors (Lipinski definition) is 3. The molecule has 0 saturated carbocycles. The van der Waals surface area contributed by atoms with E-state index in [9.17, 15) is 0 Å². The number of benzene rings is 3. The lowest BCUT2D eigenvalue weighted by Crippen LogP contribution is -1.93. The lowest BCUT2D eigenvalue weighted by atomic mass is 10.1. The third kappa shape index (κ3) is 2.62. The minimum atomic E-state index is 0.766. The van der Waals surface area contributed by atoms with E-state index in [1.807, 2.05) is 24.3 Å². The van der Waals surface area contributed by atoms with Crippen molar-refractivity contribution >= 4 is 47.6 Å². The van der Waals surface area contributed by atoms with Crippen LogP contribution in [0.3, 0.4) is 0 Å². The molecule has 0 N–H and O–H groups in total. The zero-order valence-electron chi connectivity index (χ0n) is 13.7.